The van der Waals surface area contributed by atoms with Crippen LogP contribution in [0, 0.1) is 0 Å². The van der Waals surface area contributed by atoms with Crippen LogP contribution in [-0.2, 0) is 11.3 Å². The molecule has 2 rings (SSSR count). The zero-order chi connectivity index (χ0) is 13.7. The van der Waals surface area contributed by atoms with Crippen LogP contribution in [0.1, 0.15) is 24.0 Å². The van der Waals surface area contributed by atoms with Crippen LogP contribution in [-0.4, -0.2) is 5.91 Å². The number of carbonyl (C=O) groups excluding carboxylic acids is 1. The SMILES string of the molecule is CC(C(=O)NCc1cccc(Br)c1)c1ccccc1. The summed E-state index contributed by atoms with van der Waals surface area (Å²) in [5.41, 5.74) is 2.12. The van der Waals surface area contributed by atoms with Gasteiger partial charge in [-0.25, -0.2) is 0 Å². The minimum absolute atomic E-state index is 0.0474. The van der Waals surface area contributed by atoms with Crippen LogP contribution in [0.3, 0.4) is 0 Å². The van der Waals surface area contributed by atoms with Gasteiger partial charge in [-0.2, -0.15) is 0 Å². The minimum Gasteiger partial charge on any atom is -0.352 e. The normalized spacial score (nSPS) is 11.9. The highest BCUT2D eigenvalue weighted by Gasteiger charge is 2.14. The highest BCUT2D eigenvalue weighted by Crippen LogP contribution is 2.15. The van der Waals surface area contributed by atoms with E-state index in [1.54, 1.807) is 0 Å². The number of rotatable bonds is 4. The van der Waals surface area contributed by atoms with E-state index in [9.17, 15) is 4.79 Å². The summed E-state index contributed by atoms with van der Waals surface area (Å²) in [7, 11) is 0. The number of amides is 1. The van der Waals surface area contributed by atoms with Gasteiger partial charge in [-0.1, -0.05) is 58.4 Å². The van der Waals surface area contributed by atoms with Crippen molar-refractivity contribution in [3.05, 3.63) is 70.2 Å². The Hall–Kier alpha value is -1.61. The van der Waals surface area contributed by atoms with Gasteiger partial charge in [0.25, 0.3) is 0 Å². The predicted molar refractivity (Wildman–Crippen MR) is 80.8 cm³/mol. The van der Waals surface area contributed by atoms with Crippen molar-refractivity contribution < 1.29 is 4.79 Å². The maximum atomic E-state index is 12.1. The molecule has 0 saturated carbocycles. The summed E-state index contributed by atoms with van der Waals surface area (Å²) < 4.78 is 1.02. The lowest BCUT2D eigenvalue weighted by molar-refractivity contribution is -0.122. The summed E-state index contributed by atoms with van der Waals surface area (Å²) >= 11 is 3.42. The summed E-state index contributed by atoms with van der Waals surface area (Å²) in [4.78, 5) is 12.1. The van der Waals surface area contributed by atoms with Crippen molar-refractivity contribution in [2.75, 3.05) is 0 Å². The molecule has 0 heterocycles. The summed E-state index contributed by atoms with van der Waals surface area (Å²) in [6.45, 7) is 2.47. The van der Waals surface area contributed by atoms with Crippen LogP contribution in [0.2, 0.25) is 0 Å². The van der Waals surface area contributed by atoms with E-state index in [2.05, 4.69) is 21.2 Å². The molecule has 1 unspecified atom stereocenters. The topological polar surface area (TPSA) is 29.1 Å². The largest absolute Gasteiger partial charge is 0.352 e. The third-order valence-electron chi connectivity index (χ3n) is 3.05. The molecule has 0 fully saturated rings. The van der Waals surface area contributed by atoms with Crippen molar-refractivity contribution in [1.29, 1.82) is 0 Å². The summed E-state index contributed by atoms with van der Waals surface area (Å²) in [5.74, 6) is -0.0838. The van der Waals surface area contributed by atoms with Gasteiger partial charge in [-0.15, -0.1) is 0 Å². The smallest absolute Gasteiger partial charge is 0.227 e. The molecule has 2 aromatic rings. The highest BCUT2D eigenvalue weighted by atomic mass is 79.9. The molecule has 0 aromatic heterocycles. The summed E-state index contributed by atoms with van der Waals surface area (Å²) in [6.07, 6.45) is 0. The maximum absolute atomic E-state index is 12.1. The zero-order valence-corrected chi connectivity index (χ0v) is 12.4. The van der Waals surface area contributed by atoms with Crippen molar-refractivity contribution in [3.8, 4) is 0 Å². The fourth-order valence-corrected chi connectivity index (χ4v) is 2.33. The van der Waals surface area contributed by atoms with Gasteiger partial charge in [-0.3, -0.25) is 4.79 Å². The third kappa shape index (κ3) is 3.93. The maximum Gasteiger partial charge on any atom is 0.227 e. The molecule has 1 atom stereocenters. The number of hydrogen-bond donors (Lipinski definition) is 1. The van der Waals surface area contributed by atoms with Gasteiger partial charge < -0.3 is 5.32 Å². The van der Waals surface area contributed by atoms with Crippen molar-refractivity contribution in [1.82, 2.24) is 5.32 Å². The van der Waals surface area contributed by atoms with E-state index in [0.717, 1.165) is 15.6 Å². The molecule has 0 bridgehead atoms. The lowest BCUT2D eigenvalue weighted by atomic mass is 10.0. The number of halogens is 1. The predicted octanol–water partition coefficient (Wildman–Crippen LogP) is 3.87. The number of nitrogens with one attached hydrogen (secondary N) is 1. The molecule has 0 radical (unpaired) electrons. The lowest BCUT2D eigenvalue weighted by Gasteiger charge is -2.12. The molecule has 2 nitrogen and oxygen atoms in total. The second-order valence-electron chi connectivity index (χ2n) is 4.48. The van der Waals surface area contributed by atoms with Gasteiger partial charge in [0.05, 0.1) is 5.92 Å². The number of carbonyl (C=O) groups is 1. The Morgan fingerprint density at radius 1 is 1.16 bits per heavy atom. The van der Waals surface area contributed by atoms with Crippen molar-refractivity contribution in [2.45, 2.75) is 19.4 Å². The van der Waals surface area contributed by atoms with E-state index in [0.29, 0.717) is 6.54 Å². The first-order chi connectivity index (χ1) is 9.16. The van der Waals surface area contributed by atoms with Crippen molar-refractivity contribution in [2.24, 2.45) is 0 Å². The first-order valence-electron chi connectivity index (χ1n) is 6.24. The molecule has 0 saturated heterocycles. The lowest BCUT2D eigenvalue weighted by Crippen LogP contribution is -2.27. The molecule has 0 aliphatic rings. The second kappa shape index (κ2) is 6.53. The van der Waals surface area contributed by atoms with E-state index in [1.165, 1.54) is 0 Å². The monoisotopic (exact) mass is 317 g/mol. The first kappa shape index (κ1) is 13.8. The fraction of sp³-hybridized carbons (Fsp3) is 0.188. The molecule has 1 N–H and O–H groups in total. The standard InChI is InChI=1S/C16H16BrNO/c1-12(14-7-3-2-4-8-14)16(19)18-11-13-6-5-9-15(17)10-13/h2-10,12H,11H2,1H3,(H,18,19). The molecule has 98 valence electrons. The Labute approximate surface area is 122 Å². The van der Waals surface area contributed by atoms with E-state index in [4.69, 9.17) is 0 Å². The van der Waals surface area contributed by atoms with Gasteiger partial charge in [0.15, 0.2) is 0 Å². The van der Waals surface area contributed by atoms with Crippen LogP contribution < -0.4 is 5.32 Å². The van der Waals surface area contributed by atoms with Crippen molar-refractivity contribution >= 4 is 21.8 Å². The molecule has 1 amide bonds. The highest BCUT2D eigenvalue weighted by molar-refractivity contribution is 9.10. The van der Waals surface area contributed by atoms with E-state index >= 15 is 0 Å². The molecule has 19 heavy (non-hydrogen) atoms. The van der Waals surface area contributed by atoms with Gasteiger partial charge in [-0.05, 0) is 30.2 Å². The average molecular weight is 318 g/mol. The van der Waals surface area contributed by atoms with Gasteiger partial charge in [0.1, 0.15) is 0 Å². The van der Waals surface area contributed by atoms with Gasteiger partial charge in [0.2, 0.25) is 5.91 Å². The zero-order valence-electron chi connectivity index (χ0n) is 10.8. The van der Waals surface area contributed by atoms with Gasteiger partial charge >= 0.3 is 0 Å². The first-order valence-corrected chi connectivity index (χ1v) is 7.03. The third-order valence-corrected chi connectivity index (χ3v) is 3.54. The molecule has 0 aliphatic heterocycles. The Balaban J connectivity index is 1.95. The Kier molecular flexibility index (Phi) is 4.74. The average Bonchev–Trinajstić information content (AvgIpc) is 2.45. The molecule has 0 spiro atoms. The minimum atomic E-state index is -0.131. The second-order valence-corrected chi connectivity index (χ2v) is 5.40. The van der Waals surface area contributed by atoms with Crippen LogP contribution in [0.25, 0.3) is 0 Å². The summed E-state index contributed by atoms with van der Waals surface area (Å²) in [6, 6.07) is 17.7. The molecule has 2 aromatic carbocycles. The Morgan fingerprint density at radius 3 is 2.58 bits per heavy atom. The Bertz CT molecular complexity index is 554. The number of benzene rings is 2. The van der Waals surface area contributed by atoms with E-state index in [1.807, 2.05) is 61.5 Å². The van der Waals surface area contributed by atoms with E-state index < -0.39 is 0 Å². The van der Waals surface area contributed by atoms with Crippen LogP contribution >= 0.6 is 15.9 Å². The number of hydrogen-bond acceptors (Lipinski definition) is 1. The molecule has 3 heteroatoms. The molecular weight excluding hydrogens is 302 g/mol. The fourth-order valence-electron chi connectivity index (χ4n) is 1.88. The Morgan fingerprint density at radius 2 is 1.89 bits per heavy atom. The quantitative estimate of drug-likeness (QED) is 0.911. The molecular formula is C16H16BrNO. The van der Waals surface area contributed by atoms with E-state index in [-0.39, 0.29) is 11.8 Å². The van der Waals surface area contributed by atoms with Crippen molar-refractivity contribution in [3.63, 3.8) is 0 Å². The van der Waals surface area contributed by atoms with Gasteiger partial charge in [0, 0.05) is 11.0 Å². The summed E-state index contributed by atoms with van der Waals surface area (Å²) in [5, 5.41) is 2.96. The van der Waals surface area contributed by atoms with Crippen LogP contribution in [0.15, 0.2) is 59.1 Å². The molecule has 0 aliphatic carbocycles. The van der Waals surface area contributed by atoms with Crippen LogP contribution in [0.5, 0.6) is 0 Å². The van der Waals surface area contributed by atoms with Crippen LogP contribution in [0.4, 0.5) is 0 Å².